The van der Waals surface area contributed by atoms with Gasteiger partial charge in [0.05, 0.1) is 0 Å². The van der Waals surface area contributed by atoms with Gasteiger partial charge in [0.15, 0.2) is 5.78 Å². The summed E-state index contributed by atoms with van der Waals surface area (Å²) in [6.45, 7) is 4.32. The van der Waals surface area contributed by atoms with Crippen LogP contribution >= 0.6 is 0 Å². The third-order valence-electron chi connectivity index (χ3n) is 5.13. The van der Waals surface area contributed by atoms with E-state index in [1.165, 1.54) is 19.2 Å². The molecule has 1 fully saturated rings. The van der Waals surface area contributed by atoms with E-state index in [2.05, 4.69) is 17.2 Å². The SMILES string of the molecule is CCC1CCCCN1C(=O)c1ccnc(C(=O)Nc2cccc(C(C)=O)c2)c1. The Morgan fingerprint density at radius 3 is 2.71 bits per heavy atom. The number of hydrogen-bond acceptors (Lipinski definition) is 4. The maximum absolute atomic E-state index is 13.0. The van der Waals surface area contributed by atoms with Crippen molar-refractivity contribution in [2.45, 2.75) is 45.6 Å². The first-order valence-corrected chi connectivity index (χ1v) is 9.69. The van der Waals surface area contributed by atoms with Crippen LogP contribution < -0.4 is 5.32 Å². The van der Waals surface area contributed by atoms with E-state index >= 15 is 0 Å². The molecule has 28 heavy (non-hydrogen) atoms. The van der Waals surface area contributed by atoms with Gasteiger partial charge in [-0.2, -0.15) is 0 Å². The van der Waals surface area contributed by atoms with E-state index in [0.29, 0.717) is 16.8 Å². The third kappa shape index (κ3) is 4.44. The molecule has 0 bridgehead atoms. The summed E-state index contributed by atoms with van der Waals surface area (Å²) in [4.78, 5) is 43.1. The summed E-state index contributed by atoms with van der Waals surface area (Å²) in [5.74, 6) is -0.545. The molecule has 6 nitrogen and oxygen atoms in total. The van der Waals surface area contributed by atoms with E-state index in [-0.39, 0.29) is 23.4 Å². The van der Waals surface area contributed by atoms with Crippen LogP contribution in [0.25, 0.3) is 0 Å². The highest BCUT2D eigenvalue weighted by atomic mass is 16.2. The van der Waals surface area contributed by atoms with E-state index < -0.39 is 5.91 Å². The summed E-state index contributed by atoms with van der Waals surface area (Å²) in [5.41, 5.74) is 1.67. The first-order chi connectivity index (χ1) is 13.5. The molecule has 0 radical (unpaired) electrons. The quantitative estimate of drug-likeness (QED) is 0.798. The largest absolute Gasteiger partial charge is 0.336 e. The maximum atomic E-state index is 13.0. The van der Waals surface area contributed by atoms with Crippen molar-refractivity contribution in [2.75, 3.05) is 11.9 Å². The molecule has 1 aliphatic rings. The third-order valence-corrected chi connectivity index (χ3v) is 5.13. The number of carbonyl (C=O) groups is 3. The van der Waals surface area contributed by atoms with Crippen LogP contribution in [0.15, 0.2) is 42.6 Å². The standard InChI is InChI=1S/C22H25N3O3/c1-3-19-9-4-5-12-25(19)22(28)17-10-11-23-20(14-17)21(27)24-18-8-6-7-16(13-18)15(2)26/h6-8,10-11,13-14,19H,3-5,9,12H2,1-2H3,(H,24,27). The zero-order valence-corrected chi connectivity index (χ0v) is 16.3. The molecule has 1 N–H and O–H groups in total. The number of rotatable bonds is 5. The number of ketones is 1. The molecule has 1 atom stereocenters. The van der Waals surface area contributed by atoms with Gasteiger partial charge in [0, 0.05) is 35.6 Å². The number of amides is 2. The Labute approximate surface area is 165 Å². The number of nitrogens with zero attached hydrogens (tertiary/aromatic N) is 2. The van der Waals surface area contributed by atoms with Crippen LogP contribution in [0.1, 0.15) is 70.7 Å². The lowest BCUT2D eigenvalue weighted by Gasteiger charge is -2.35. The Kier molecular flexibility index (Phi) is 6.19. The lowest BCUT2D eigenvalue weighted by atomic mass is 9.99. The first-order valence-electron chi connectivity index (χ1n) is 9.69. The summed E-state index contributed by atoms with van der Waals surface area (Å²) in [6, 6.07) is 10.2. The Balaban J connectivity index is 1.77. The van der Waals surface area contributed by atoms with Gasteiger partial charge in [0.25, 0.3) is 11.8 Å². The monoisotopic (exact) mass is 379 g/mol. The molecule has 2 aromatic rings. The fraction of sp³-hybridized carbons (Fsp3) is 0.364. The molecule has 1 saturated heterocycles. The highest BCUT2D eigenvalue weighted by Crippen LogP contribution is 2.22. The minimum Gasteiger partial charge on any atom is -0.336 e. The second-order valence-corrected chi connectivity index (χ2v) is 7.08. The minimum atomic E-state index is -0.416. The first kappa shape index (κ1) is 19.7. The zero-order chi connectivity index (χ0) is 20.1. The van der Waals surface area contributed by atoms with Gasteiger partial charge in [-0.25, -0.2) is 0 Å². The molecule has 0 spiro atoms. The van der Waals surface area contributed by atoms with Crippen molar-refractivity contribution in [3.8, 4) is 0 Å². The number of piperidine rings is 1. The van der Waals surface area contributed by atoms with Crippen LogP contribution in [0.5, 0.6) is 0 Å². The van der Waals surface area contributed by atoms with E-state index in [9.17, 15) is 14.4 Å². The predicted molar refractivity (Wildman–Crippen MR) is 108 cm³/mol. The number of likely N-dealkylation sites (tertiary alicyclic amines) is 1. The Morgan fingerprint density at radius 1 is 1.14 bits per heavy atom. The summed E-state index contributed by atoms with van der Waals surface area (Å²) in [5, 5.41) is 2.74. The predicted octanol–water partition coefficient (Wildman–Crippen LogP) is 3.94. The van der Waals surface area contributed by atoms with Crippen molar-refractivity contribution >= 4 is 23.3 Å². The number of pyridine rings is 1. The molecule has 1 unspecified atom stereocenters. The number of benzene rings is 1. The van der Waals surface area contributed by atoms with Crippen molar-refractivity contribution in [1.29, 1.82) is 0 Å². The molecule has 2 heterocycles. The van der Waals surface area contributed by atoms with Crippen LogP contribution in [0.4, 0.5) is 5.69 Å². The van der Waals surface area contributed by atoms with Crippen LogP contribution in [0.3, 0.4) is 0 Å². The zero-order valence-electron chi connectivity index (χ0n) is 16.3. The van der Waals surface area contributed by atoms with Crippen molar-refractivity contribution in [3.05, 3.63) is 59.4 Å². The molecule has 1 aromatic carbocycles. The number of nitrogens with one attached hydrogen (secondary N) is 1. The van der Waals surface area contributed by atoms with Crippen molar-refractivity contribution in [1.82, 2.24) is 9.88 Å². The van der Waals surface area contributed by atoms with Gasteiger partial charge in [-0.15, -0.1) is 0 Å². The van der Waals surface area contributed by atoms with Crippen LogP contribution in [-0.4, -0.2) is 40.1 Å². The van der Waals surface area contributed by atoms with E-state index in [1.54, 1.807) is 30.3 Å². The molecule has 3 rings (SSSR count). The van der Waals surface area contributed by atoms with Gasteiger partial charge in [0.2, 0.25) is 0 Å². The highest BCUT2D eigenvalue weighted by Gasteiger charge is 2.26. The lowest BCUT2D eigenvalue weighted by molar-refractivity contribution is 0.0607. The van der Waals surface area contributed by atoms with Gasteiger partial charge >= 0.3 is 0 Å². The fourth-order valence-corrected chi connectivity index (χ4v) is 3.56. The number of hydrogen-bond donors (Lipinski definition) is 1. The molecule has 1 aromatic heterocycles. The second-order valence-electron chi connectivity index (χ2n) is 7.08. The summed E-state index contributed by atoms with van der Waals surface area (Å²) in [6.07, 6.45) is 5.58. The van der Waals surface area contributed by atoms with E-state index in [4.69, 9.17) is 0 Å². The smallest absolute Gasteiger partial charge is 0.274 e. The highest BCUT2D eigenvalue weighted by molar-refractivity contribution is 6.05. The molecular weight excluding hydrogens is 354 g/mol. The van der Waals surface area contributed by atoms with E-state index in [0.717, 1.165) is 32.2 Å². The van der Waals surface area contributed by atoms with Crippen molar-refractivity contribution < 1.29 is 14.4 Å². The molecule has 0 saturated carbocycles. The number of Topliss-reactive ketones (excluding diaryl/α,β-unsaturated/α-hetero) is 1. The number of anilines is 1. The lowest BCUT2D eigenvalue weighted by Crippen LogP contribution is -2.43. The minimum absolute atomic E-state index is 0.0541. The van der Waals surface area contributed by atoms with E-state index in [1.807, 2.05) is 4.90 Å². The number of carbonyl (C=O) groups excluding carboxylic acids is 3. The molecule has 1 aliphatic heterocycles. The Morgan fingerprint density at radius 2 is 1.96 bits per heavy atom. The van der Waals surface area contributed by atoms with Gasteiger partial charge in [-0.05, 0) is 56.9 Å². The topological polar surface area (TPSA) is 79.4 Å². The molecule has 146 valence electrons. The number of aromatic nitrogens is 1. The van der Waals surface area contributed by atoms with Gasteiger partial charge in [-0.3, -0.25) is 19.4 Å². The van der Waals surface area contributed by atoms with Gasteiger partial charge in [-0.1, -0.05) is 19.1 Å². The molecular formula is C22H25N3O3. The maximum Gasteiger partial charge on any atom is 0.274 e. The Bertz CT molecular complexity index is 894. The van der Waals surface area contributed by atoms with Gasteiger partial charge in [0.1, 0.15) is 5.69 Å². The molecule has 2 amide bonds. The normalized spacial score (nSPS) is 16.5. The average molecular weight is 379 g/mol. The van der Waals surface area contributed by atoms with Crippen molar-refractivity contribution in [3.63, 3.8) is 0 Å². The molecule has 0 aliphatic carbocycles. The summed E-state index contributed by atoms with van der Waals surface area (Å²) in [7, 11) is 0. The van der Waals surface area contributed by atoms with Crippen LogP contribution in [0, 0.1) is 0 Å². The van der Waals surface area contributed by atoms with Crippen molar-refractivity contribution in [2.24, 2.45) is 0 Å². The van der Waals surface area contributed by atoms with Crippen LogP contribution in [0.2, 0.25) is 0 Å². The summed E-state index contributed by atoms with van der Waals surface area (Å²) < 4.78 is 0. The molecule has 6 heteroatoms. The summed E-state index contributed by atoms with van der Waals surface area (Å²) >= 11 is 0. The average Bonchev–Trinajstić information content (AvgIpc) is 2.73. The van der Waals surface area contributed by atoms with Crippen LogP contribution in [-0.2, 0) is 0 Å². The second kappa shape index (κ2) is 8.78. The fourth-order valence-electron chi connectivity index (χ4n) is 3.56. The van der Waals surface area contributed by atoms with Gasteiger partial charge < -0.3 is 10.2 Å². The Hall–Kier alpha value is -3.02.